The lowest BCUT2D eigenvalue weighted by Crippen LogP contribution is -2.00. The molecule has 5 heteroatoms. The number of benzene rings is 7. The minimum Gasteiger partial charge on any atom is -0.309 e. The summed E-state index contributed by atoms with van der Waals surface area (Å²) >= 11 is 0. The standard InChI is InChI=1S/C46H29N5/c1-5-15-30(16-6-1)43-39-29-42-38(36-23-13-14-24-41(36)51(42)34-21-11-4-12-22-34)28-37(39)35-26-25-33(27-40(35)47-43)46-49-44(31-17-7-2-8-18-31)48-45(50-46)32-19-9-3-10-20-32/h1-29H. The fourth-order valence-corrected chi connectivity index (χ4v) is 7.21. The molecule has 0 fully saturated rings. The van der Waals surface area contributed by atoms with Gasteiger partial charge in [-0.05, 0) is 41.8 Å². The Morgan fingerprint density at radius 2 is 0.863 bits per heavy atom. The van der Waals surface area contributed by atoms with Crippen LogP contribution in [0.15, 0.2) is 176 Å². The van der Waals surface area contributed by atoms with Crippen molar-refractivity contribution in [2.45, 2.75) is 0 Å². The van der Waals surface area contributed by atoms with Crippen LogP contribution >= 0.6 is 0 Å². The zero-order valence-corrected chi connectivity index (χ0v) is 27.5. The molecule has 238 valence electrons. The van der Waals surface area contributed by atoms with E-state index in [0.717, 1.165) is 60.8 Å². The highest BCUT2D eigenvalue weighted by molar-refractivity contribution is 6.20. The lowest BCUT2D eigenvalue weighted by molar-refractivity contribution is 1.07. The molecule has 0 amide bonds. The van der Waals surface area contributed by atoms with E-state index in [4.69, 9.17) is 19.9 Å². The fourth-order valence-electron chi connectivity index (χ4n) is 7.21. The van der Waals surface area contributed by atoms with Crippen LogP contribution in [0.5, 0.6) is 0 Å². The zero-order valence-electron chi connectivity index (χ0n) is 27.5. The van der Waals surface area contributed by atoms with E-state index in [1.807, 2.05) is 66.7 Å². The Kier molecular flexibility index (Phi) is 6.74. The average Bonchev–Trinajstić information content (AvgIpc) is 3.54. The molecular formula is C46H29N5. The van der Waals surface area contributed by atoms with Crippen molar-refractivity contribution >= 4 is 43.5 Å². The van der Waals surface area contributed by atoms with Crippen molar-refractivity contribution in [2.75, 3.05) is 0 Å². The van der Waals surface area contributed by atoms with Gasteiger partial charge in [0.1, 0.15) is 0 Å². The highest BCUT2D eigenvalue weighted by Gasteiger charge is 2.19. The van der Waals surface area contributed by atoms with E-state index in [-0.39, 0.29) is 0 Å². The minimum atomic E-state index is 0.606. The maximum Gasteiger partial charge on any atom is 0.164 e. The summed E-state index contributed by atoms with van der Waals surface area (Å²) in [6.07, 6.45) is 0. The first-order chi connectivity index (χ1) is 25.3. The maximum absolute atomic E-state index is 5.40. The molecule has 10 aromatic rings. The number of fused-ring (bicyclic) bond motifs is 6. The number of hydrogen-bond donors (Lipinski definition) is 0. The fraction of sp³-hybridized carbons (Fsp3) is 0. The van der Waals surface area contributed by atoms with Crippen LogP contribution in [0.1, 0.15) is 0 Å². The number of para-hydroxylation sites is 2. The maximum atomic E-state index is 5.40. The van der Waals surface area contributed by atoms with Crippen LogP contribution in [0.25, 0.3) is 94.6 Å². The molecule has 0 saturated carbocycles. The molecule has 0 bridgehead atoms. The number of rotatable bonds is 5. The second-order valence-corrected chi connectivity index (χ2v) is 12.7. The van der Waals surface area contributed by atoms with Crippen molar-refractivity contribution in [3.63, 3.8) is 0 Å². The van der Waals surface area contributed by atoms with Gasteiger partial charge >= 0.3 is 0 Å². The Balaban J connectivity index is 1.25. The van der Waals surface area contributed by atoms with Crippen LogP contribution in [0.4, 0.5) is 0 Å². The second kappa shape index (κ2) is 11.9. The van der Waals surface area contributed by atoms with Gasteiger partial charge < -0.3 is 4.57 Å². The monoisotopic (exact) mass is 651 g/mol. The summed E-state index contributed by atoms with van der Waals surface area (Å²) in [5, 5.41) is 5.75. The number of pyridine rings is 1. The van der Waals surface area contributed by atoms with Crippen LogP contribution in [0.2, 0.25) is 0 Å². The van der Waals surface area contributed by atoms with Crippen molar-refractivity contribution in [3.05, 3.63) is 176 Å². The first kappa shape index (κ1) is 29.0. The summed E-state index contributed by atoms with van der Waals surface area (Å²) in [6.45, 7) is 0. The molecular weight excluding hydrogens is 623 g/mol. The van der Waals surface area contributed by atoms with Crippen LogP contribution in [-0.2, 0) is 0 Å². The first-order valence-corrected chi connectivity index (χ1v) is 17.1. The Morgan fingerprint density at radius 3 is 1.51 bits per heavy atom. The van der Waals surface area contributed by atoms with E-state index in [2.05, 4.69) is 114 Å². The molecule has 0 aliphatic rings. The Labute approximate surface area is 294 Å². The van der Waals surface area contributed by atoms with E-state index in [1.165, 1.54) is 16.3 Å². The summed E-state index contributed by atoms with van der Waals surface area (Å²) in [5.41, 5.74) is 9.10. The van der Waals surface area contributed by atoms with Crippen molar-refractivity contribution < 1.29 is 0 Å². The summed E-state index contributed by atoms with van der Waals surface area (Å²) in [5.74, 6) is 1.87. The highest BCUT2D eigenvalue weighted by Crippen LogP contribution is 2.40. The van der Waals surface area contributed by atoms with Crippen LogP contribution < -0.4 is 0 Å². The molecule has 51 heavy (non-hydrogen) atoms. The van der Waals surface area contributed by atoms with Crippen molar-refractivity contribution in [1.82, 2.24) is 24.5 Å². The summed E-state index contributed by atoms with van der Waals surface area (Å²) < 4.78 is 2.36. The van der Waals surface area contributed by atoms with E-state index in [0.29, 0.717) is 17.5 Å². The zero-order chi connectivity index (χ0) is 33.7. The van der Waals surface area contributed by atoms with Gasteiger partial charge in [0.05, 0.1) is 22.2 Å². The SMILES string of the molecule is c1ccc(-c2nc(-c3ccccc3)nc(-c3ccc4c(c3)nc(-c3ccccc3)c3cc5c(cc34)c3ccccc3n5-c3ccccc3)n2)cc1. The van der Waals surface area contributed by atoms with Gasteiger partial charge in [-0.15, -0.1) is 0 Å². The summed E-state index contributed by atoms with van der Waals surface area (Å²) in [7, 11) is 0. The lowest BCUT2D eigenvalue weighted by Gasteiger charge is -2.13. The van der Waals surface area contributed by atoms with Gasteiger partial charge in [-0.25, -0.2) is 19.9 Å². The summed E-state index contributed by atoms with van der Waals surface area (Å²) in [6, 6.07) is 60.9. The van der Waals surface area contributed by atoms with Gasteiger partial charge in [-0.2, -0.15) is 0 Å². The Morgan fingerprint density at radius 1 is 0.314 bits per heavy atom. The van der Waals surface area contributed by atoms with E-state index < -0.39 is 0 Å². The molecule has 0 aliphatic heterocycles. The van der Waals surface area contributed by atoms with E-state index >= 15 is 0 Å². The molecule has 10 rings (SSSR count). The van der Waals surface area contributed by atoms with Gasteiger partial charge in [0.25, 0.3) is 0 Å². The number of aromatic nitrogens is 5. The third-order valence-corrected chi connectivity index (χ3v) is 9.61. The van der Waals surface area contributed by atoms with E-state index in [9.17, 15) is 0 Å². The van der Waals surface area contributed by atoms with E-state index in [1.54, 1.807) is 0 Å². The molecule has 7 aromatic carbocycles. The third kappa shape index (κ3) is 4.94. The molecule has 0 aliphatic carbocycles. The predicted octanol–water partition coefficient (Wildman–Crippen LogP) is 11.3. The van der Waals surface area contributed by atoms with Crippen molar-refractivity contribution in [3.8, 4) is 51.1 Å². The molecule has 5 nitrogen and oxygen atoms in total. The minimum absolute atomic E-state index is 0.606. The van der Waals surface area contributed by atoms with Crippen LogP contribution in [0.3, 0.4) is 0 Å². The van der Waals surface area contributed by atoms with Crippen LogP contribution in [-0.4, -0.2) is 24.5 Å². The molecule has 0 spiro atoms. The smallest absolute Gasteiger partial charge is 0.164 e. The Bertz CT molecular complexity index is 2830. The lowest BCUT2D eigenvalue weighted by atomic mass is 9.97. The predicted molar refractivity (Wildman–Crippen MR) is 209 cm³/mol. The Hall–Kier alpha value is -6.98. The summed E-state index contributed by atoms with van der Waals surface area (Å²) in [4.78, 5) is 20.3. The molecule has 0 N–H and O–H groups in total. The topological polar surface area (TPSA) is 56.5 Å². The quantitative estimate of drug-likeness (QED) is 0.174. The van der Waals surface area contributed by atoms with Crippen molar-refractivity contribution in [2.24, 2.45) is 0 Å². The normalized spacial score (nSPS) is 11.5. The molecule has 0 unspecified atom stereocenters. The van der Waals surface area contributed by atoms with Gasteiger partial charge in [0.15, 0.2) is 17.5 Å². The second-order valence-electron chi connectivity index (χ2n) is 12.7. The largest absolute Gasteiger partial charge is 0.309 e. The van der Waals surface area contributed by atoms with Crippen molar-refractivity contribution in [1.29, 1.82) is 0 Å². The molecule has 0 saturated heterocycles. The molecule has 3 aromatic heterocycles. The third-order valence-electron chi connectivity index (χ3n) is 9.61. The van der Waals surface area contributed by atoms with Crippen LogP contribution in [0, 0.1) is 0 Å². The van der Waals surface area contributed by atoms with Gasteiger partial charge in [-0.3, -0.25) is 0 Å². The van der Waals surface area contributed by atoms with Gasteiger partial charge in [-0.1, -0.05) is 140 Å². The molecule has 0 atom stereocenters. The molecule has 0 radical (unpaired) electrons. The number of nitrogens with zero attached hydrogens (tertiary/aromatic N) is 5. The highest BCUT2D eigenvalue weighted by atomic mass is 15.0. The average molecular weight is 652 g/mol. The van der Waals surface area contributed by atoms with Gasteiger partial charge in [0, 0.05) is 49.5 Å². The molecule has 3 heterocycles. The van der Waals surface area contributed by atoms with Gasteiger partial charge in [0.2, 0.25) is 0 Å². The number of hydrogen-bond acceptors (Lipinski definition) is 4. The first-order valence-electron chi connectivity index (χ1n) is 17.1.